The molecule has 15 heavy (non-hydrogen) atoms. The Kier molecular flexibility index (Phi) is 3.23. The Balaban J connectivity index is 1.75. The van der Waals surface area contributed by atoms with Gasteiger partial charge in [-0.05, 0) is 13.3 Å². The number of likely N-dealkylation sites (tertiary alicyclic amines) is 1. The molecule has 2 unspecified atom stereocenters. The fraction of sp³-hybridized carbons (Fsp3) is 0.900. The fourth-order valence-corrected chi connectivity index (χ4v) is 1.97. The van der Waals surface area contributed by atoms with Crippen molar-refractivity contribution in [3.05, 3.63) is 0 Å². The highest BCUT2D eigenvalue weighted by atomic mass is 16.5. The van der Waals surface area contributed by atoms with Crippen LogP contribution in [0, 0.1) is 0 Å². The van der Waals surface area contributed by atoms with Crippen LogP contribution in [0.2, 0.25) is 0 Å². The number of carbonyl (C=O) groups excluding carboxylic acids is 1. The number of ether oxygens (including phenoxy) is 1. The van der Waals surface area contributed by atoms with E-state index in [2.05, 4.69) is 5.32 Å². The fourth-order valence-electron chi connectivity index (χ4n) is 1.97. The molecule has 0 aromatic carbocycles. The lowest BCUT2D eigenvalue weighted by atomic mass is 10.2. The normalized spacial score (nSPS) is 31.7. The van der Waals surface area contributed by atoms with E-state index < -0.39 is 0 Å². The largest absolute Gasteiger partial charge is 0.366 e. The van der Waals surface area contributed by atoms with E-state index >= 15 is 0 Å². The predicted molar refractivity (Wildman–Crippen MR) is 56.4 cm³/mol. The Morgan fingerprint density at radius 3 is 2.80 bits per heavy atom. The third-order valence-electron chi connectivity index (χ3n) is 3.32. The average Bonchev–Trinajstić information content (AvgIpc) is 2.45. The molecule has 2 heterocycles. The van der Waals surface area contributed by atoms with Crippen molar-refractivity contribution >= 4 is 5.91 Å². The van der Waals surface area contributed by atoms with E-state index in [9.17, 15) is 4.79 Å². The van der Waals surface area contributed by atoms with Crippen molar-refractivity contribution in [1.82, 2.24) is 10.2 Å². The molecule has 0 bridgehead atoms. The summed E-state index contributed by atoms with van der Waals surface area (Å²) in [6, 6.07) is 0.278. The molecule has 0 aromatic rings. The highest BCUT2D eigenvalue weighted by molar-refractivity contribution is 5.78. The molecule has 0 aromatic heterocycles. The first-order valence-electron chi connectivity index (χ1n) is 5.56. The number of carbonyl (C=O) groups is 1. The van der Waals surface area contributed by atoms with Gasteiger partial charge in [0.15, 0.2) is 0 Å². The van der Waals surface area contributed by atoms with Gasteiger partial charge in [0.1, 0.15) is 6.61 Å². The van der Waals surface area contributed by atoms with Gasteiger partial charge in [-0.3, -0.25) is 4.79 Å². The van der Waals surface area contributed by atoms with Crippen molar-refractivity contribution in [3.8, 4) is 0 Å². The van der Waals surface area contributed by atoms with Crippen LogP contribution in [0.5, 0.6) is 0 Å². The molecule has 2 fully saturated rings. The second-order valence-electron chi connectivity index (χ2n) is 4.37. The van der Waals surface area contributed by atoms with Crippen LogP contribution in [-0.4, -0.2) is 55.2 Å². The number of rotatable bonds is 3. The summed E-state index contributed by atoms with van der Waals surface area (Å²) in [5.74, 6) is 0.0716. The van der Waals surface area contributed by atoms with Gasteiger partial charge in [-0.15, -0.1) is 0 Å². The van der Waals surface area contributed by atoms with Crippen LogP contribution >= 0.6 is 0 Å². The third kappa shape index (κ3) is 2.30. The van der Waals surface area contributed by atoms with Crippen LogP contribution in [0.25, 0.3) is 0 Å². The third-order valence-corrected chi connectivity index (χ3v) is 3.32. The number of hydrogen-bond acceptors (Lipinski definition) is 4. The number of amides is 1. The van der Waals surface area contributed by atoms with Gasteiger partial charge in [0.05, 0.1) is 6.10 Å². The van der Waals surface area contributed by atoms with E-state index in [0.717, 1.165) is 26.1 Å². The number of nitrogens with one attached hydrogen (secondary N) is 1. The van der Waals surface area contributed by atoms with Gasteiger partial charge in [-0.25, -0.2) is 0 Å². The number of nitrogens with two attached hydrogens (primary N) is 1. The Hall–Kier alpha value is -0.650. The van der Waals surface area contributed by atoms with E-state index in [1.54, 1.807) is 0 Å². The molecule has 0 radical (unpaired) electrons. The minimum absolute atomic E-state index is 0.0716. The summed E-state index contributed by atoms with van der Waals surface area (Å²) in [6.45, 7) is 4.70. The maximum Gasteiger partial charge on any atom is 0.248 e. The topological polar surface area (TPSA) is 67.6 Å². The van der Waals surface area contributed by atoms with Gasteiger partial charge >= 0.3 is 0 Å². The maximum atomic E-state index is 11.8. The average molecular weight is 213 g/mol. The first-order valence-corrected chi connectivity index (χ1v) is 5.56. The molecule has 2 aliphatic heterocycles. The zero-order chi connectivity index (χ0) is 10.8. The highest BCUT2D eigenvalue weighted by Crippen LogP contribution is 2.16. The first kappa shape index (κ1) is 10.9. The minimum Gasteiger partial charge on any atom is -0.366 e. The van der Waals surface area contributed by atoms with Crippen LogP contribution in [-0.2, 0) is 9.53 Å². The van der Waals surface area contributed by atoms with Gasteiger partial charge in [-0.1, -0.05) is 0 Å². The van der Waals surface area contributed by atoms with Crippen molar-refractivity contribution in [2.75, 3.05) is 26.2 Å². The van der Waals surface area contributed by atoms with Gasteiger partial charge in [-0.2, -0.15) is 0 Å². The lowest BCUT2D eigenvalue weighted by Crippen LogP contribution is -2.50. The summed E-state index contributed by atoms with van der Waals surface area (Å²) in [5.41, 5.74) is 5.86. The summed E-state index contributed by atoms with van der Waals surface area (Å²) in [7, 11) is 0. The molecule has 1 amide bonds. The van der Waals surface area contributed by atoms with Crippen molar-refractivity contribution in [3.63, 3.8) is 0 Å². The highest BCUT2D eigenvalue weighted by Gasteiger charge is 2.31. The SMILES string of the molecule is CC1C(N)CCN1C(=O)COC1CNC1. The smallest absolute Gasteiger partial charge is 0.248 e. The van der Waals surface area contributed by atoms with Crippen molar-refractivity contribution in [1.29, 1.82) is 0 Å². The minimum atomic E-state index is 0.0716. The maximum absolute atomic E-state index is 11.8. The molecule has 0 aliphatic carbocycles. The Labute approximate surface area is 89.9 Å². The zero-order valence-corrected chi connectivity index (χ0v) is 9.11. The standard InChI is InChI=1S/C10H19N3O2/c1-7-9(11)2-3-13(7)10(14)6-15-8-4-12-5-8/h7-9,12H,2-6,11H2,1H3. The zero-order valence-electron chi connectivity index (χ0n) is 9.11. The molecule has 5 heteroatoms. The lowest BCUT2D eigenvalue weighted by molar-refractivity contribution is -0.139. The van der Waals surface area contributed by atoms with Crippen molar-refractivity contribution < 1.29 is 9.53 Å². The first-order chi connectivity index (χ1) is 7.18. The number of nitrogens with zero attached hydrogens (tertiary/aromatic N) is 1. The molecule has 86 valence electrons. The summed E-state index contributed by atoms with van der Waals surface area (Å²) >= 11 is 0. The second kappa shape index (κ2) is 4.47. The summed E-state index contributed by atoms with van der Waals surface area (Å²) < 4.78 is 5.44. The Morgan fingerprint density at radius 1 is 1.60 bits per heavy atom. The van der Waals surface area contributed by atoms with Crippen molar-refractivity contribution in [2.24, 2.45) is 5.73 Å². The molecule has 2 rings (SSSR count). The van der Waals surface area contributed by atoms with Crippen LogP contribution in [0.3, 0.4) is 0 Å². The molecule has 2 aliphatic rings. The van der Waals surface area contributed by atoms with E-state index in [-0.39, 0.29) is 30.7 Å². The van der Waals surface area contributed by atoms with Crippen LogP contribution in [0.1, 0.15) is 13.3 Å². The molecule has 5 nitrogen and oxygen atoms in total. The van der Waals surface area contributed by atoms with Crippen LogP contribution in [0.4, 0.5) is 0 Å². The molecule has 2 saturated heterocycles. The van der Waals surface area contributed by atoms with Crippen LogP contribution < -0.4 is 11.1 Å². The van der Waals surface area contributed by atoms with Gasteiger partial charge in [0, 0.05) is 31.7 Å². The van der Waals surface area contributed by atoms with E-state index in [4.69, 9.17) is 10.5 Å². The predicted octanol–water partition coefficient (Wildman–Crippen LogP) is -1.08. The summed E-state index contributed by atoms with van der Waals surface area (Å²) in [5, 5.41) is 3.10. The molecular formula is C10H19N3O2. The van der Waals surface area contributed by atoms with E-state index in [1.807, 2.05) is 11.8 Å². The quantitative estimate of drug-likeness (QED) is 0.626. The Bertz CT molecular complexity index is 243. The van der Waals surface area contributed by atoms with Crippen LogP contribution in [0.15, 0.2) is 0 Å². The second-order valence-corrected chi connectivity index (χ2v) is 4.37. The molecular weight excluding hydrogens is 194 g/mol. The molecule has 2 atom stereocenters. The van der Waals surface area contributed by atoms with Gasteiger partial charge in [0.25, 0.3) is 0 Å². The molecule has 0 saturated carbocycles. The van der Waals surface area contributed by atoms with Gasteiger partial charge < -0.3 is 20.7 Å². The summed E-state index contributed by atoms with van der Waals surface area (Å²) in [4.78, 5) is 13.6. The Morgan fingerprint density at radius 2 is 2.33 bits per heavy atom. The summed E-state index contributed by atoms with van der Waals surface area (Å²) in [6.07, 6.45) is 1.12. The lowest BCUT2D eigenvalue weighted by Gasteiger charge is -2.29. The monoisotopic (exact) mass is 213 g/mol. The van der Waals surface area contributed by atoms with Crippen molar-refractivity contribution in [2.45, 2.75) is 31.5 Å². The molecule has 3 N–H and O–H groups in total. The number of hydrogen-bond donors (Lipinski definition) is 2. The van der Waals surface area contributed by atoms with E-state index in [0.29, 0.717) is 0 Å². The van der Waals surface area contributed by atoms with Gasteiger partial charge in [0.2, 0.25) is 5.91 Å². The van der Waals surface area contributed by atoms with E-state index in [1.165, 1.54) is 0 Å². The molecule has 0 spiro atoms.